The topological polar surface area (TPSA) is 94.7 Å². The van der Waals surface area contributed by atoms with E-state index in [0.29, 0.717) is 38.2 Å². The van der Waals surface area contributed by atoms with Gasteiger partial charge in [0.25, 0.3) is 11.8 Å². The molecule has 3 heterocycles. The molecule has 1 unspecified atom stereocenters. The van der Waals surface area contributed by atoms with E-state index in [0.717, 1.165) is 27.1 Å². The lowest BCUT2D eigenvalue weighted by Crippen LogP contribution is -2.49. The molecule has 3 aromatic rings. The number of anilines is 1. The molecule has 4 amide bonds. The summed E-state index contributed by atoms with van der Waals surface area (Å²) in [4.78, 5) is 46.5. The smallest absolute Gasteiger partial charge is 0.332 e. The van der Waals surface area contributed by atoms with Crippen LogP contribution in [0, 0.1) is 0 Å². The number of ether oxygens (including phenoxy) is 1. The van der Waals surface area contributed by atoms with Crippen LogP contribution in [0.4, 0.5) is 10.5 Å². The fraction of sp³-hybridized carbons (Fsp3) is 0.320. The minimum atomic E-state index is -1.16. The number of fused-ring (bicyclic) bond motifs is 5. The largest absolute Gasteiger partial charge is 0.385 e. The predicted octanol–water partition coefficient (Wildman–Crippen LogP) is 3.17. The van der Waals surface area contributed by atoms with Crippen LogP contribution < -0.4 is 10.2 Å². The Morgan fingerprint density at radius 1 is 1.15 bits per heavy atom. The van der Waals surface area contributed by atoms with Crippen LogP contribution in [0.5, 0.6) is 0 Å². The van der Waals surface area contributed by atoms with Gasteiger partial charge in [-0.1, -0.05) is 30.3 Å². The van der Waals surface area contributed by atoms with E-state index >= 15 is 0 Å². The molecular formula is C25H26N4O4. The molecule has 2 N–H and O–H groups in total. The number of nitrogens with one attached hydrogen (secondary N) is 2. The number of aromatic nitrogens is 1. The predicted molar refractivity (Wildman–Crippen MR) is 124 cm³/mol. The number of para-hydroxylation sites is 2. The van der Waals surface area contributed by atoms with Crippen LogP contribution >= 0.6 is 0 Å². The van der Waals surface area contributed by atoms with Gasteiger partial charge in [0.15, 0.2) is 5.54 Å². The first-order valence-electron chi connectivity index (χ1n) is 11.1. The fourth-order valence-electron chi connectivity index (χ4n) is 4.98. The standard InChI is InChI=1S/C25H26N4O4/c1-25-21-17(16-8-3-5-10-19(16)27-21)12-14-28(25)24(32)29(23(25)31)20-11-6-4-9-18(20)22(30)26-13-7-15-33-2/h3-6,8-11,27H,7,12-15H2,1-2H3,(H,26,30). The van der Waals surface area contributed by atoms with Gasteiger partial charge in [-0.3, -0.25) is 9.59 Å². The Labute approximate surface area is 191 Å². The van der Waals surface area contributed by atoms with Gasteiger partial charge < -0.3 is 19.9 Å². The van der Waals surface area contributed by atoms with Gasteiger partial charge in [-0.2, -0.15) is 0 Å². The van der Waals surface area contributed by atoms with E-state index in [9.17, 15) is 14.4 Å². The molecule has 1 fully saturated rings. The number of hydrogen-bond acceptors (Lipinski definition) is 4. The van der Waals surface area contributed by atoms with E-state index in [1.54, 1.807) is 43.2 Å². The van der Waals surface area contributed by atoms with Crippen LogP contribution in [-0.4, -0.2) is 54.5 Å². The summed E-state index contributed by atoms with van der Waals surface area (Å²) in [5.41, 5.74) is 2.18. The van der Waals surface area contributed by atoms with Crippen LogP contribution in [0.3, 0.4) is 0 Å². The number of hydrogen-bond donors (Lipinski definition) is 2. The summed E-state index contributed by atoms with van der Waals surface area (Å²) >= 11 is 0. The quantitative estimate of drug-likeness (QED) is 0.449. The van der Waals surface area contributed by atoms with E-state index in [2.05, 4.69) is 10.3 Å². The van der Waals surface area contributed by atoms with Gasteiger partial charge in [-0.25, -0.2) is 9.69 Å². The molecule has 1 atom stereocenters. The second kappa shape index (κ2) is 8.04. The third kappa shape index (κ3) is 3.13. The van der Waals surface area contributed by atoms with E-state index in [-0.39, 0.29) is 17.4 Å². The maximum atomic E-state index is 13.9. The lowest BCUT2D eigenvalue weighted by atomic mass is 9.87. The Morgan fingerprint density at radius 3 is 2.73 bits per heavy atom. The lowest BCUT2D eigenvalue weighted by Gasteiger charge is -2.35. The number of benzene rings is 2. The van der Waals surface area contributed by atoms with Gasteiger partial charge >= 0.3 is 6.03 Å². The van der Waals surface area contributed by atoms with Crippen molar-refractivity contribution in [2.75, 3.05) is 31.7 Å². The van der Waals surface area contributed by atoms with Crippen molar-refractivity contribution in [1.82, 2.24) is 15.2 Å². The van der Waals surface area contributed by atoms with Crippen molar-refractivity contribution in [2.45, 2.75) is 25.3 Å². The number of carbonyl (C=O) groups excluding carboxylic acids is 3. The lowest BCUT2D eigenvalue weighted by molar-refractivity contribution is -0.125. The first-order valence-corrected chi connectivity index (χ1v) is 11.1. The number of nitrogens with zero attached hydrogens (tertiary/aromatic N) is 2. The number of imide groups is 1. The van der Waals surface area contributed by atoms with Gasteiger partial charge in [-0.15, -0.1) is 0 Å². The van der Waals surface area contributed by atoms with Crippen LogP contribution in [0.15, 0.2) is 48.5 Å². The molecule has 1 saturated heterocycles. The number of carbonyl (C=O) groups is 3. The van der Waals surface area contributed by atoms with Gasteiger partial charge in [0.2, 0.25) is 0 Å². The van der Waals surface area contributed by atoms with Crippen molar-refractivity contribution < 1.29 is 19.1 Å². The molecule has 0 spiro atoms. The summed E-state index contributed by atoms with van der Waals surface area (Å²) in [5, 5.41) is 3.92. The highest BCUT2D eigenvalue weighted by molar-refractivity contribution is 6.25. The normalized spacial score (nSPS) is 19.7. The van der Waals surface area contributed by atoms with Crippen LogP contribution in [-0.2, 0) is 21.5 Å². The molecule has 2 aromatic carbocycles. The molecule has 0 aliphatic carbocycles. The molecule has 0 saturated carbocycles. The fourth-order valence-corrected chi connectivity index (χ4v) is 4.98. The Morgan fingerprint density at radius 2 is 1.91 bits per heavy atom. The second-order valence-electron chi connectivity index (χ2n) is 8.54. The van der Waals surface area contributed by atoms with Crippen LogP contribution in [0.25, 0.3) is 10.9 Å². The summed E-state index contributed by atoms with van der Waals surface area (Å²) in [6, 6.07) is 14.3. The number of methoxy groups -OCH3 is 1. The minimum Gasteiger partial charge on any atom is -0.385 e. The van der Waals surface area contributed by atoms with Crippen molar-refractivity contribution in [3.63, 3.8) is 0 Å². The van der Waals surface area contributed by atoms with Crippen molar-refractivity contribution in [1.29, 1.82) is 0 Å². The number of rotatable bonds is 6. The summed E-state index contributed by atoms with van der Waals surface area (Å²) in [5.74, 6) is -0.691. The molecule has 1 aromatic heterocycles. The maximum absolute atomic E-state index is 13.9. The highest BCUT2D eigenvalue weighted by atomic mass is 16.5. The zero-order valence-electron chi connectivity index (χ0n) is 18.7. The molecule has 2 aliphatic heterocycles. The zero-order valence-corrected chi connectivity index (χ0v) is 18.7. The van der Waals surface area contributed by atoms with Crippen molar-refractivity contribution in [3.05, 3.63) is 65.4 Å². The van der Waals surface area contributed by atoms with E-state index in [4.69, 9.17) is 4.74 Å². The number of amides is 4. The Balaban J connectivity index is 1.53. The molecule has 0 bridgehead atoms. The zero-order chi connectivity index (χ0) is 23.2. The maximum Gasteiger partial charge on any atom is 0.332 e. The highest BCUT2D eigenvalue weighted by Crippen LogP contribution is 2.45. The number of H-pyrrole nitrogens is 1. The molecule has 170 valence electrons. The van der Waals surface area contributed by atoms with Gasteiger partial charge in [0.05, 0.1) is 16.9 Å². The molecular weight excluding hydrogens is 420 g/mol. The number of urea groups is 1. The second-order valence-corrected chi connectivity index (χ2v) is 8.54. The summed E-state index contributed by atoms with van der Waals surface area (Å²) in [7, 11) is 1.61. The molecule has 0 radical (unpaired) electrons. The van der Waals surface area contributed by atoms with E-state index in [1.165, 1.54) is 0 Å². The summed E-state index contributed by atoms with van der Waals surface area (Å²) < 4.78 is 5.02. The first kappa shape index (κ1) is 21.2. The third-order valence-electron chi connectivity index (χ3n) is 6.67. The van der Waals surface area contributed by atoms with Gasteiger partial charge in [0.1, 0.15) is 0 Å². The molecule has 8 heteroatoms. The molecule has 33 heavy (non-hydrogen) atoms. The van der Waals surface area contributed by atoms with E-state index < -0.39 is 11.6 Å². The third-order valence-corrected chi connectivity index (χ3v) is 6.67. The van der Waals surface area contributed by atoms with Crippen LogP contribution in [0.2, 0.25) is 0 Å². The first-order chi connectivity index (χ1) is 16.0. The average molecular weight is 447 g/mol. The summed E-state index contributed by atoms with van der Waals surface area (Å²) in [6.45, 7) is 3.18. The monoisotopic (exact) mass is 446 g/mol. The average Bonchev–Trinajstić information content (AvgIpc) is 3.30. The van der Waals surface area contributed by atoms with Gasteiger partial charge in [0, 0.05) is 37.7 Å². The Kier molecular flexibility index (Phi) is 5.17. The minimum absolute atomic E-state index is 0.289. The van der Waals surface area contributed by atoms with Crippen molar-refractivity contribution >= 4 is 34.4 Å². The van der Waals surface area contributed by atoms with Crippen LogP contribution in [0.1, 0.15) is 35.0 Å². The van der Waals surface area contributed by atoms with E-state index in [1.807, 2.05) is 24.3 Å². The Bertz CT molecular complexity index is 1270. The Hall–Kier alpha value is -3.65. The molecule has 5 rings (SSSR count). The molecule has 8 nitrogen and oxygen atoms in total. The highest BCUT2D eigenvalue weighted by Gasteiger charge is 2.59. The molecule has 2 aliphatic rings. The SMILES string of the molecule is COCCCNC(=O)c1ccccc1N1C(=O)N2CCc3c([nH]c4ccccc34)C2(C)C1=O. The summed E-state index contributed by atoms with van der Waals surface area (Å²) in [6.07, 6.45) is 1.32. The number of aromatic amines is 1. The van der Waals surface area contributed by atoms with Gasteiger partial charge in [-0.05, 0) is 43.5 Å². The van der Waals surface area contributed by atoms with Crippen molar-refractivity contribution in [3.8, 4) is 0 Å². The van der Waals surface area contributed by atoms with Crippen molar-refractivity contribution in [2.24, 2.45) is 0 Å².